The third kappa shape index (κ3) is 5.63. The smallest absolute Gasteiger partial charge is 0.407 e. The summed E-state index contributed by atoms with van der Waals surface area (Å²) in [5.74, 6) is -1.88. The molecule has 2 N–H and O–H groups in total. The van der Waals surface area contributed by atoms with Gasteiger partial charge in [-0.3, -0.25) is 9.59 Å². The van der Waals surface area contributed by atoms with E-state index in [-0.39, 0.29) is 18.4 Å². The number of rotatable bonds is 8. The second-order valence-corrected chi connectivity index (χ2v) is 9.07. The third-order valence-electron chi connectivity index (χ3n) is 6.38. The second-order valence-electron chi connectivity index (χ2n) is 9.07. The van der Waals surface area contributed by atoms with Gasteiger partial charge in [0.1, 0.15) is 18.7 Å². The number of nitrogens with zero attached hydrogens (tertiary/aromatic N) is 3. The van der Waals surface area contributed by atoms with Crippen LogP contribution in [-0.4, -0.2) is 30.6 Å². The minimum absolute atomic E-state index is 0.105. The fraction of sp³-hybridized carbons (Fsp3) is 0.250. The quantitative estimate of drug-likeness (QED) is 0.250. The zero-order chi connectivity index (χ0) is 26.4. The first-order valence-corrected chi connectivity index (χ1v) is 12.0. The topological polar surface area (TPSA) is 133 Å². The van der Waals surface area contributed by atoms with Crippen LogP contribution in [0.2, 0.25) is 0 Å². The number of carbonyl (C=O) groups excluding carboxylic acids is 3. The highest BCUT2D eigenvalue weighted by Crippen LogP contribution is 2.44. The molecule has 3 amide bonds. The van der Waals surface area contributed by atoms with E-state index in [9.17, 15) is 14.4 Å². The first-order chi connectivity index (χ1) is 17.9. The van der Waals surface area contributed by atoms with E-state index in [4.69, 9.17) is 10.3 Å². The van der Waals surface area contributed by atoms with Crippen molar-refractivity contribution in [3.8, 4) is 11.1 Å². The Hall–Kier alpha value is -4.62. The van der Waals surface area contributed by atoms with Gasteiger partial charge in [0, 0.05) is 10.8 Å². The number of alkyl carbamates (subject to hydrolysis) is 1. The second kappa shape index (κ2) is 11.4. The SMILES string of the molecule is CC(C)[C@H](NC(=O)OCC1c2ccccc2-c2ccccc21)C(=O)N[C@H](C(=O)N=[N+]=[N-])c1ccccc1. The van der Waals surface area contributed by atoms with E-state index in [2.05, 4.69) is 20.7 Å². The Morgan fingerprint density at radius 3 is 2.03 bits per heavy atom. The molecule has 3 aromatic carbocycles. The Morgan fingerprint density at radius 2 is 1.46 bits per heavy atom. The number of hydrogen-bond acceptors (Lipinski definition) is 4. The van der Waals surface area contributed by atoms with Gasteiger partial charge < -0.3 is 15.4 Å². The van der Waals surface area contributed by atoms with Crippen LogP contribution in [0.25, 0.3) is 21.6 Å². The van der Waals surface area contributed by atoms with Crippen molar-refractivity contribution >= 4 is 17.9 Å². The van der Waals surface area contributed by atoms with Crippen molar-refractivity contribution in [1.82, 2.24) is 10.6 Å². The summed E-state index contributed by atoms with van der Waals surface area (Å²) in [6.45, 7) is 3.63. The molecule has 0 spiro atoms. The molecule has 1 aliphatic carbocycles. The van der Waals surface area contributed by atoms with Gasteiger partial charge in [0.05, 0.1) is 0 Å². The normalized spacial score (nSPS) is 13.5. The number of ether oxygens (including phenoxy) is 1. The molecule has 0 fully saturated rings. The maximum Gasteiger partial charge on any atom is 0.407 e. The van der Waals surface area contributed by atoms with Crippen LogP contribution < -0.4 is 10.6 Å². The molecule has 4 rings (SSSR count). The predicted molar refractivity (Wildman–Crippen MR) is 138 cm³/mol. The van der Waals surface area contributed by atoms with Crippen LogP contribution in [0.15, 0.2) is 84.0 Å². The molecule has 9 heteroatoms. The van der Waals surface area contributed by atoms with Crippen LogP contribution >= 0.6 is 0 Å². The molecule has 0 saturated carbocycles. The molecule has 9 nitrogen and oxygen atoms in total. The molecule has 0 bridgehead atoms. The van der Waals surface area contributed by atoms with Crippen molar-refractivity contribution in [3.05, 3.63) is 106 Å². The Labute approximate surface area is 214 Å². The third-order valence-corrected chi connectivity index (χ3v) is 6.38. The number of hydrogen-bond donors (Lipinski definition) is 2. The van der Waals surface area contributed by atoms with Crippen molar-refractivity contribution in [2.75, 3.05) is 6.61 Å². The van der Waals surface area contributed by atoms with Crippen LogP contribution in [0.5, 0.6) is 0 Å². The van der Waals surface area contributed by atoms with E-state index in [1.54, 1.807) is 44.2 Å². The fourth-order valence-corrected chi connectivity index (χ4v) is 4.57. The van der Waals surface area contributed by atoms with Gasteiger partial charge in [0.25, 0.3) is 0 Å². The first kappa shape index (κ1) is 25.5. The summed E-state index contributed by atoms with van der Waals surface area (Å²) in [5, 5.41) is 8.38. The van der Waals surface area contributed by atoms with Crippen molar-refractivity contribution in [2.24, 2.45) is 11.0 Å². The molecular formula is C28H27N5O4. The molecule has 0 aromatic heterocycles. The van der Waals surface area contributed by atoms with Gasteiger partial charge in [-0.15, -0.1) is 0 Å². The van der Waals surface area contributed by atoms with Gasteiger partial charge in [0.15, 0.2) is 0 Å². The summed E-state index contributed by atoms with van der Waals surface area (Å²) in [5.41, 5.74) is 13.6. The largest absolute Gasteiger partial charge is 0.449 e. The van der Waals surface area contributed by atoms with Crippen LogP contribution in [0.4, 0.5) is 4.79 Å². The molecular weight excluding hydrogens is 470 g/mol. The van der Waals surface area contributed by atoms with Crippen molar-refractivity contribution in [3.63, 3.8) is 0 Å². The van der Waals surface area contributed by atoms with Gasteiger partial charge in [-0.05, 0) is 44.4 Å². The Bertz CT molecular complexity index is 1310. The Balaban J connectivity index is 1.45. The monoisotopic (exact) mass is 497 g/mol. The Kier molecular flexibility index (Phi) is 7.86. The summed E-state index contributed by atoms with van der Waals surface area (Å²) < 4.78 is 5.58. The molecule has 0 saturated heterocycles. The van der Waals surface area contributed by atoms with E-state index in [0.29, 0.717) is 5.56 Å². The molecule has 0 unspecified atom stereocenters. The van der Waals surface area contributed by atoms with Gasteiger partial charge in [0.2, 0.25) is 11.8 Å². The molecule has 1 aliphatic rings. The number of carbonyl (C=O) groups is 3. The van der Waals surface area contributed by atoms with E-state index in [0.717, 1.165) is 22.3 Å². The zero-order valence-electron chi connectivity index (χ0n) is 20.5. The van der Waals surface area contributed by atoms with Gasteiger partial charge in [-0.1, -0.05) is 92.7 Å². The maximum atomic E-state index is 13.1. The van der Waals surface area contributed by atoms with Gasteiger partial charge >= 0.3 is 6.09 Å². The minimum Gasteiger partial charge on any atom is -0.449 e. The summed E-state index contributed by atoms with van der Waals surface area (Å²) in [4.78, 5) is 40.9. The average Bonchev–Trinajstić information content (AvgIpc) is 3.23. The summed E-state index contributed by atoms with van der Waals surface area (Å²) in [6.07, 6.45) is -0.742. The summed E-state index contributed by atoms with van der Waals surface area (Å²) in [6, 6.07) is 22.3. The highest BCUT2D eigenvalue weighted by molar-refractivity contribution is 5.92. The summed E-state index contributed by atoms with van der Waals surface area (Å²) in [7, 11) is 0. The molecule has 0 aliphatic heterocycles. The lowest BCUT2D eigenvalue weighted by Crippen LogP contribution is -2.51. The first-order valence-electron chi connectivity index (χ1n) is 12.0. The molecule has 0 radical (unpaired) electrons. The Morgan fingerprint density at radius 1 is 0.892 bits per heavy atom. The lowest BCUT2D eigenvalue weighted by molar-refractivity contribution is -0.129. The number of nitrogens with one attached hydrogen (secondary N) is 2. The number of amides is 3. The highest BCUT2D eigenvalue weighted by atomic mass is 16.5. The van der Waals surface area contributed by atoms with Crippen LogP contribution in [0, 0.1) is 5.92 Å². The number of fused-ring (bicyclic) bond motifs is 3. The predicted octanol–water partition coefficient (Wildman–Crippen LogP) is 5.24. The molecule has 3 aromatic rings. The van der Waals surface area contributed by atoms with Crippen LogP contribution in [-0.2, 0) is 14.3 Å². The lowest BCUT2D eigenvalue weighted by Gasteiger charge is -2.25. The maximum absolute atomic E-state index is 13.1. The molecule has 0 heterocycles. The fourth-order valence-electron chi connectivity index (χ4n) is 4.57. The standard InChI is InChI=1S/C28H27N5O4/c1-17(2)24(26(34)30-25(27(35)32-33-29)18-10-4-3-5-11-18)31-28(36)37-16-23-21-14-8-6-12-19(21)20-13-7-9-15-22(20)23/h3-15,17,23-25H,16H2,1-2H3,(H,30,34)(H,31,36)/t24-,25-/m0/s1. The number of azide groups is 1. The average molecular weight is 498 g/mol. The summed E-state index contributed by atoms with van der Waals surface area (Å²) >= 11 is 0. The van der Waals surface area contributed by atoms with Gasteiger partial charge in [-0.25, -0.2) is 4.79 Å². The molecule has 37 heavy (non-hydrogen) atoms. The zero-order valence-corrected chi connectivity index (χ0v) is 20.5. The van der Waals surface area contributed by atoms with E-state index in [1.807, 2.05) is 48.5 Å². The van der Waals surface area contributed by atoms with Crippen molar-refractivity contribution in [2.45, 2.75) is 31.8 Å². The highest BCUT2D eigenvalue weighted by Gasteiger charge is 2.32. The van der Waals surface area contributed by atoms with Crippen LogP contribution in [0.3, 0.4) is 0 Å². The minimum atomic E-state index is -1.19. The number of benzene rings is 3. The van der Waals surface area contributed by atoms with E-state index in [1.165, 1.54) is 0 Å². The van der Waals surface area contributed by atoms with Crippen molar-refractivity contribution in [1.29, 1.82) is 0 Å². The molecule has 2 atom stereocenters. The molecule has 188 valence electrons. The lowest BCUT2D eigenvalue weighted by atomic mass is 9.98. The van der Waals surface area contributed by atoms with E-state index >= 15 is 0 Å². The van der Waals surface area contributed by atoms with Gasteiger partial charge in [-0.2, -0.15) is 0 Å². The van der Waals surface area contributed by atoms with E-state index < -0.39 is 30.0 Å². The van der Waals surface area contributed by atoms with Crippen molar-refractivity contribution < 1.29 is 19.1 Å². The van der Waals surface area contributed by atoms with Crippen LogP contribution in [0.1, 0.15) is 42.5 Å².